The fourth-order valence-corrected chi connectivity index (χ4v) is 1.76. The second kappa shape index (κ2) is 4.52. The van der Waals surface area contributed by atoms with E-state index in [1.807, 2.05) is 11.6 Å². The highest BCUT2D eigenvalue weighted by Crippen LogP contribution is 2.03. The van der Waals surface area contributed by atoms with Crippen LogP contribution in [-0.2, 0) is 13.6 Å². The molecule has 1 aliphatic heterocycles. The van der Waals surface area contributed by atoms with Crippen LogP contribution in [0.5, 0.6) is 0 Å². The zero-order valence-electron chi connectivity index (χ0n) is 8.53. The van der Waals surface area contributed by atoms with Crippen molar-refractivity contribution in [3.63, 3.8) is 0 Å². The maximum absolute atomic E-state index is 4.01. The van der Waals surface area contributed by atoms with E-state index in [4.69, 9.17) is 0 Å². The molecule has 1 unspecified atom stereocenters. The van der Waals surface area contributed by atoms with Crippen LogP contribution >= 0.6 is 0 Å². The smallest absolute Gasteiger partial charge is 0.146 e. The topological polar surface area (TPSA) is 54.8 Å². The largest absolute Gasteiger partial charge is 0.320 e. The lowest BCUT2D eigenvalue weighted by Crippen LogP contribution is -2.34. The fraction of sp³-hybridized carbons (Fsp3) is 0.778. The standard InChI is InChI=1S/C9H17N5/c1-14-7-12-13-9(14)6-10-5-8-3-2-4-11-8/h7-8,10-11H,2-6H2,1H3. The Hall–Kier alpha value is -0.940. The first-order chi connectivity index (χ1) is 6.86. The quantitative estimate of drug-likeness (QED) is 0.690. The number of aromatic nitrogens is 3. The highest BCUT2D eigenvalue weighted by atomic mass is 15.3. The third-order valence-electron chi connectivity index (χ3n) is 2.64. The summed E-state index contributed by atoms with van der Waals surface area (Å²) in [5.74, 6) is 0.989. The molecule has 2 rings (SSSR count). The van der Waals surface area contributed by atoms with Gasteiger partial charge in [0.2, 0.25) is 0 Å². The monoisotopic (exact) mass is 195 g/mol. The zero-order chi connectivity index (χ0) is 9.80. The molecule has 14 heavy (non-hydrogen) atoms. The molecular weight excluding hydrogens is 178 g/mol. The Morgan fingerprint density at radius 3 is 3.29 bits per heavy atom. The Kier molecular flexibility index (Phi) is 3.10. The van der Waals surface area contributed by atoms with Gasteiger partial charge < -0.3 is 15.2 Å². The van der Waals surface area contributed by atoms with Gasteiger partial charge in [0.05, 0.1) is 6.54 Å². The predicted octanol–water partition coefficient (Wildman–Crippen LogP) is -0.343. The van der Waals surface area contributed by atoms with Crippen LogP contribution in [0.3, 0.4) is 0 Å². The van der Waals surface area contributed by atoms with Crippen LogP contribution < -0.4 is 10.6 Å². The van der Waals surface area contributed by atoms with E-state index in [1.54, 1.807) is 6.33 Å². The van der Waals surface area contributed by atoms with Gasteiger partial charge in [-0.3, -0.25) is 0 Å². The SMILES string of the molecule is Cn1cnnc1CNCC1CCCN1. The van der Waals surface area contributed by atoms with E-state index < -0.39 is 0 Å². The predicted molar refractivity (Wildman–Crippen MR) is 53.7 cm³/mol. The first-order valence-electron chi connectivity index (χ1n) is 5.13. The van der Waals surface area contributed by atoms with Crippen molar-refractivity contribution in [1.29, 1.82) is 0 Å². The number of hydrogen-bond donors (Lipinski definition) is 2. The van der Waals surface area contributed by atoms with Crippen molar-refractivity contribution in [2.24, 2.45) is 7.05 Å². The average Bonchev–Trinajstić information content (AvgIpc) is 2.78. The van der Waals surface area contributed by atoms with Crippen LogP contribution in [0.1, 0.15) is 18.7 Å². The summed E-state index contributed by atoms with van der Waals surface area (Å²) in [7, 11) is 1.96. The molecule has 0 aromatic carbocycles. The lowest BCUT2D eigenvalue weighted by atomic mass is 10.2. The molecule has 1 aromatic heterocycles. The van der Waals surface area contributed by atoms with E-state index >= 15 is 0 Å². The summed E-state index contributed by atoms with van der Waals surface area (Å²) in [6.07, 6.45) is 4.31. The lowest BCUT2D eigenvalue weighted by Gasteiger charge is -2.10. The Balaban J connectivity index is 1.70. The van der Waals surface area contributed by atoms with Gasteiger partial charge in [0.15, 0.2) is 0 Å². The van der Waals surface area contributed by atoms with Gasteiger partial charge >= 0.3 is 0 Å². The first kappa shape index (κ1) is 9.61. The summed E-state index contributed by atoms with van der Waals surface area (Å²) in [6, 6.07) is 0.642. The van der Waals surface area contributed by atoms with Gasteiger partial charge in [-0.1, -0.05) is 0 Å². The Morgan fingerprint density at radius 2 is 2.64 bits per heavy atom. The van der Waals surface area contributed by atoms with Crippen molar-refractivity contribution >= 4 is 0 Å². The maximum Gasteiger partial charge on any atom is 0.146 e. The van der Waals surface area contributed by atoms with Crippen LogP contribution in [0.15, 0.2) is 6.33 Å². The molecular formula is C9H17N5. The van der Waals surface area contributed by atoms with Crippen molar-refractivity contribution in [1.82, 2.24) is 25.4 Å². The molecule has 1 saturated heterocycles. The number of nitrogens with one attached hydrogen (secondary N) is 2. The van der Waals surface area contributed by atoms with Gasteiger partial charge in [0.25, 0.3) is 0 Å². The fourth-order valence-electron chi connectivity index (χ4n) is 1.76. The molecule has 2 N–H and O–H groups in total. The van der Waals surface area contributed by atoms with Crippen LogP contribution in [0.4, 0.5) is 0 Å². The van der Waals surface area contributed by atoms with Gasteiger partial charge in [0.1, 0.15) is 12.2 Å². The van der Waals surface area contributed by atoms with Gasteiger partial charge in [-0.15, -0.1) is 10.2 Å². The molecule has 0 aliphatic carbocycles. The van der Waals surface area contributed by atoms with Crippen LogP contribution in [0, 0.1) is 0 Å². The minimum atomic E-state index is 0.642. The van der Waals surface area contributed by atoms with Crippen LogP contribution in [0.25, 0.3) is 0 Å². The minimum Gasteiger partial charge on any atom is -0.320 e. The average molecular weight is 195 g/mol. The first-order valence-corrected chi connectivity index (χ1v) is 5.13. The Morgan fingerprint density at radius 1 is 1.71 bits per heavy atom. The van der Waals surface area contributed by atoms with E-state index in [-0.39, 0.29) is 0 Å². The van der Waals surface area contributed by atoms with Crippen molar-refractivity contribution in [3.05, 3.63) is 12.2 Å². The Bertz CT molecular complexity index is 276. The second-order valence-electron chi connectivity index (χ2n) is 3.78. The van der Waals surface area contributed by atoms with Gasteiger partial charge in [-0.25, -0.2) is 0 Å². The van der Waals surface area contributed by atoms with Gasteiger partial charge in [0, 0.05) is 19.6 Å². The molecule has 0 radical (unpaired) electrons. The maximum atomic E-state index is 4.01. The summed E-state index contributed by atoms with van der Waals surface area (Å²) in [5.41, 5.74) is 0. The highest BCUT2D eigenvalue weighted by molar-refractivity contribution is 4.84. The van der Waals surface area contributed by atoms with Crippen molar-refractivity contribution in [3.8, 4) is 0 Å². The molecule has 5 nitrogen and oxygen atoms in total. The lowest BCUT2D eigenvalue weighted by molar-refractivity contribution is 0.523. The summed E-state index contributed by atoms with van der Waals surface area (Å²) in [5, 5.41) is 14.7. The molecule has 2 heterocycles. The molecule has 1 aliphatic rings. The third-order valence-corrected chi connectivity index (χ3v) is 2.64. The molecule has 0 bridgehead atoms. The third kappa shape index (κ3) is 2.30. The molecule has 0 spiro atoms. The normalized spacial score (nSPS) is 21.6. The summed E-state index contributed by atoms with van der Waals surface area (Å²) in [6.45, 7) is 2.98. The molecule has 0 amide bonds. The summed E-state index contributed by atoms with van der Waals surface area (Å²) < 4.78 is 1.94. The van der Waals surface area contributed by atoms with E-state index in [0.717, 1.165) is 25.5 Å². The molecule has 1 atom stereocenters. The van der Waals surface area contributed by atoms with E-state index in [9.17, 15) is 0 Å². The second-order valence-corrected chi connectivity index (χ2v) is 3.78. The Labute approximate surface area is 83.9 Å². The van der Waals surface area contributed by atoms with Gasteiger partial charge in [-0.2, -0.15) is 0 Å². The van der Waals surface area contributed by atoms with Gasteiger partial charge in [-0.05, 0) is 19.4 Å². The van der Waals surface area contributed by atoms with Crippen molar-refractivity contribution in [2.75, 3.05) is 13.1 Å². The van der Waals surface area contributed by atoms with E-state index in [0.29, 0.717) is 6.04 Å². The van der Waals surface area contributed by atoms with Crippen LogP contribution in [-0.4, -0.2) is 33.9 Å². The number of nitrogens with zero attached hydrogens (tertiary/aromatic N) is 3. The van der Waals surface area contributed by atoms with Crippen LogP contribution in [0.2, 0.25) is 0 Å². The van der Waals surface area contributed by atoms with Crippen molar-refractivity contribution in [2.45, 2.75) is 25.4 Å². The molecule has 0 saturated carbocycles. The number of aryl methyl sites for hydroxylation is 1. The minimum absolute atomic E-state index is 0.642. The number of hydrogen-bond acceptors (Lipinski definition) is 4. The zero-order valence-corrected chi connectivity index (χ0v) is 8.53. The van der Waals surface area contributed by atoms with E-state index in [2.05, 4.69) is 20.8 Å². The summed E-state index contributed by atoms with van der Waals surface area (Å²) in [4.78, 5) is 0. The summed E-state index contributed by atoms with van der Waals surface area (Å²) >= 11 is 0. The molecule has 5 heteroatoms. The van der Waals surface area contributed by atoms with Crippen molar-refractivity contribution < 1.29 is 0 Å². The molecule has 78 valence electrons. The van der Waals surface area contributed by atoms with E-state index in [1.165, 1.54) is 12.8 Å². The molecule has 1 aromatic rings. The number of rotatable bonds is 4. The molecule has 1 fully saturated rings. The highest BCUT2D eigenvalue weighted by Gasteiger charge is 2.13.